The molecule has 0 aliphatic heterocycles. The number of benzene rings is 3. The maximum atomic E-state index is 12.0. The average molecular weight is 356 g/mol. The Morgan fingerprint density at radius 1 is 0.852 bits per heavy atom. The van der Waals surface area contributed by atoms with Gasteiger partial charge in [-0.3, -0.25) is 0 Å². The van der Waals surface area contributed by atoms with Gasteiger partial charge in [0, 0.05) is 28.1 Å². The maximum absolute atomic E-state index is 12.0. The molecule has 0 fully saturated rings. The topological polar surface area (TPSA) is 46.8 Å². The van der Waals surface area contributed by atoms with Crippen LogP contribution >= 0.6 is 0 Å². The van der Waals surface area contributed by atoms with Crippen molar-refractivity contribution in [3.63, 3.8) is 0 Å². The first-order valence-electron chi connectivity index (χ1n) is 9.17. The van der Waals surface area contributed by atoms with Crippen LogP contribution in [0.15, 0.2) is 94.1 Å². The molecule has 27 heavy (non-hydrogen) atoms. The van der Waals surface area contributed by atoms with Gasteiger partial charge in [0.2, 0.25) is 0 Å². The summed E-state index contributed by atoms with van der Waals surface area (Å²) in [6.07, 6.45) is 0. The molecule has 134 valence electrons. The van der Waals surface area contributed by atoms with Gasteiger partial charge in [-0.1, -0.05) is 72.8 Å². The summed E-state index contributed by atoms with van der Waals surface area (Å²) in [5.41, 5.74) is 4.92. The quantitative estimate of drug-likeness (QED) is 0.550. The van der Waals surface area contributed by atoms with Crippen LogP contribution in [0, 0.1) is 6.92 Å². The first-order chi connectivity index (χ1) is 13.2. The Labute approximate surface area is 158 Å². The molecule has 0 saturated heterocycles. The third kappa shape index (κ3) is 3.83. The lowest BCUT2D eigenvalue weighted by Crippen LogP contribution is -2.84. The molecule has 0 aliphatic carbocycles. The van der Waals surface area contributed by atoms with Gasteiger partial charge in [-0.15, -0.1) is 0 Å². The van der Waals surface area contributed by atoms with Crippen LogP contribution in [0.1, 0.15) is 28.3 Å². The lowest BCUT2D eigenvalue weighted by Gasteiger charge is -2.17. The van der Waals surface area contributed by atoms with Gasteiger partial charge in [0.25, 0.3) is 0 Å². The van der Waals surface area contributed by atoms with Gasteiger partial charge in [-0.25, -0.2) is 4.79 Å². The van der Waals surface area contributed by atoms with E-state index in [1.54, 1.807) is 6.07 Å². The number of rotatable bonds is 5. The van der Waals surface area contributed by atoms with Gasteiger partial charge in [0.05, 0.1) is 0 Å². The summed E-state index contributed by atoms with van der Waals surface area (Å²) in [7, 11) is 0. The number of quaternary nitrogens is 1. The Balaban J connectivity index is 1.69. The summed E-state index contributed by atoms with van der Waals surface area (Å²) in [6.45, 7) is 2.69. The summed E-state index contributed by atoms with van der Waals surface area (Å²) >= 11 is 0. The second-order valence-corrected chi connectivity index (χ2v) is 6.83. The number of hydrogen-bond donors (Lipinski definition) is 1. The van der Waals surface area contributed by atoms with Crippen molar-refractivity contribution in [1.29, 1.82) is 0 Å². The summed E-state index contributed by atoms with van der Waals surface area (Å²) in [5, 5.41) is 3.27. The molecule has 3 nitrogen and oxygen atoms in total. The lowest BCUT2D eigenvalue weighted by molar-refractivity contribution is -0.702. The van der Waals surface area contributed by atoms with E-state index in [-0.39, 0.29) is 11.7 Å². The van der Waals surface area contributed by atoms with Gasteiger partial charge >= 0.3 is 5.63 Å². The van der Waals surface area contributed by atoms with E-state index in [1.807, 2.05) is 31.2 Å². The molecule has 0 bridgehead atoms. The van der Waals surface area contributed by atoms with Crippen LogP contribution in [-0.4, -0.2) is 0 Å². The van der Waals surface area contributed by atoms with Crippen LogP contribution in [0.4, 0.5) is 0 Å². The zero-order valence-electron chi connectivity index (χ0n) is 15.3. The van der Waals surface area contributed by atoms with Crippen LogP contribution in [0.3, 0.4) is 0 Å². The molecule has 2 N–H and O–H groups in total. The smallest absolute Gasteiger partial charge is 0.336 e. The molecule has 0 unspecified atom stereocenters. The van der Waals surface area contributed by atoms with Crippen molar-refractivity contribution in [3.05, 3.63) is 118 Å². The molecule has 1 aromatic heterocycles. The standard InChI is InChI=1S/C24H21NO2/c1-17-12-13-21-20(15-23(26)27-22(21)14-17)16-25-24(18-8-4-2-5-9-18)19-10-6-3-7-11-19/h2-15,24-25H,16H2,1H3/p+1. The van der Waals surface area contributed by atoms with E-state index in [0.717, 1.165) is 16.5 Å². The Bertz CT molecular complexity index is 1060. The molecular formula is C24H22NO2+. The zero-order chi connectivity index (χ0) is 18.6. The third-order valence-electron chi connectivity index (χ3n) is 4.88. The van der Waals surface area contributed by atoms with Crippen molar-refractivity contribution < 1.29 is 9.73 Å². The molecule has 0 aliphatic rings. The Kier molecular flexibility index (Phi) is 4.86. The van der Waals surface area contributed by atoms with E-state index in [2.05, 4.69) is 59.9 Å². The van der Waals surface area contributed by atoms with Crippen LogP contribution < -0.4 is 10.9 Å². The van der Waals surface area contributed by atoms with E-state index in [1.165, 1.54) is 11.1 Å². The van der Waals surface area contributed by atoms with Gasteiger partial charge in [-0.05, 0) is 18.6 Å². The third-order valence-corrected chi connectivity index (χ3v) is 4.88. The first kappa shape index (κ1) is 17.3. The van der Waals surface area contributed by atoms with Crippen molar-refractivity contribution in [2.75, 3.05) is 0 Å². The minimum atomic E-state index is -0.299. The van der Waals surface area contributed by atoms with E-state index >= 15 is 0 Å². The summed E-state index contributed by atoms with van der Waals surface area (Å²) in [6, 6.07) is 28.7. The van der Waals surface area contributed by atoms with Crippen LogP contribution in [0.2, 0.25) is 0 Å². The molecule has 0 amide bonds. The van der Waals surface area contributed by atoms with Crippen molar-refractivity contribution in [1.82, 2.24) is 0 Å². The predicted molar refractivity (Wildman–Crippen MR) is 108 cm³/mol. The Hall–Kier alpha value is -3.17. The summed E-state index contributed by atoms with van der Waals surface area (Å²) in [4.78, 5) is 12.0. The van der Waals surface area contributed by atoms with Crippen LogP contribution in [0.5, 0.6) is 0 Å². The minimum absolute atomic E-state index is 0.167. The molecule has 4 aromatic rings. The van der Waals surface area contributed by atoms with Crippen LogP contribution in [-0.2, 0) is 6.54 Å². The highest BCUT2D eigenvalue weighted by Crippen LogP contribution is 2.20. The normalized spacial score (nSPS) is 11.2. The monoisotopic (exact) mass is 356 g/mol. The van der Waals surface area contributed by atoms with Gasteiger partial charge < -0.3 is 9.73 Å². The van der Waals surface area contributed by atoms with Crippen molar-refractivity contribution in [2.45, 2.75) is 19.5 Å². The van der Waals surface area contributed by atoms with Gasteiger partial charge in [0.15, 0.2) is 0 Å². The Morgan fingerprint density at radius 3 is 2.11 bits per heavy atom. The Morgan fingerprint density at radius 2 is 1.48 bits per heavy atom. The highest BCUT2D eigenvalue weighted by atomic mass is 16.4. The second kappa shape index (κ2) is 7.60. The largest absolute Gasteiger partial charge is 0.423 e. The lowest BCUT2D eigenvalue weighted by atomic mass is 9.98. The highest BCUT2D eigenvalue weighted by molar-refractivity contribution is 5.80. The number of aryl methyl sites for hydroxylation is 1. The van der Waals surface area contributed by atoms with Gasteiger partial charge in [-0.2, -0.15) is 0 Å². The molecule has 3 aromatic carbocycles. The zero-order valence-corrected chi connectivity index (χ0v) is 15.3. The van der Waals surface area contributed by atoms with E-state index in [0.29, 0.717) is 12.1 Å². The second-order valence-electron chi connectivity index (χ2n) is 6.83. The fraction of sp³-hybridized carbons (Fsp3) is 0.125. The first-order valence-corrected chi connectivity index (χ1v) is 9.17. The van der Waals surface area contributed by atoms with Crippen LogP contribution in [0.25, 0.3) is 11.0 Å². The molecule has 0 spiro atoms. The molecule has 4 rings (SSSR count). The molecule has 0 radical (unpaired) electrons. The van der Waals surface area contributed by atoms with E-state index in [4.69, 9.17) is 4.42 Å². The highest BCUT2D eigenvalue weighted by Gasteiger charge is 2.18. The minimum Gasteiger partial charge on any atom is -0.423 e. The van der Waals surface area contributed by atoms with Crippen molar-refractivity contribution in [3.8, 4) is 0 Å². The van der Waals surface area contributed by atoms with Crippen molar-refractivity contribution in [2.24, 2.45) is 0 Å². The van der Waals surface area contributed by atoms with E-state index in [9.17, 15) is 4.79 Å². The molecule has 0 saturated carbocycles. The number of nitrogens with two attached hydrogens (primary N) is 1. The summed E-state index contributed by atoms with van der Waals surface area (Å²) in [5.74, 6) is 0. The number of fused-ring (bicyclic) bond motifs is 1. The predicted octanol–water partition coefficient (Wildman–Crippen LogP) is 3.95. The van der Waals surface area contributed by atoms with Gasteiger partial charge in [0.1, 0.15) is 18.2 Å². The van der Waals surface area contributed by atoms with E-state index < -0.39 is 0 Å². The molecule has 3 heteroatoms. The maximum Gasteiger partial charge on any atom is 0.336 e. The molecule has 1 heterocycles. The average Bonchev–Trinajstić information content (AvgIpc) is 2.69. The fourth-order valence-corrected chi connectivity index (χ4v) is 3.54. The SMILES string of the molecule is Cc1ccc2c(C[NH2+]C(c3ccccc3)c3ccccc3)cc(=O)oc2c1. The van der Waals surface area contributed by atoms with Crippen molar-refractivity contribution >= 4 is 11.0 Å². The molecule has 0 atom stereocenters. The summed E-state index contributed by atoms with van der Waals surface area (Å²) < 4.78 is 5.39. The molecular weight excluding hydrogens is 334 g/mol. The fourth-order valence-electron chi connectivity index (χ4n) is 3.54. The number of hydrogen-bond acceptors (Lipinski definition) is 2.